The Morgan fingerprint density at radius 2 is 2.00 bits per heavy atom. The molecular formula is C13H17F3N2O2. The highest BCUT2D eigenvalue weighted by molar-refractivity contribution is 5.26. The van der Waals surface area contributed by atoms with Crippen LogP contribution in [0.3, 0.4) is 0 Å². The molecule has 0 aliphatic carbocycles. The summed E-state index contributed by atoms with van der Waals surface area (Å²) in [5.41, 5.74) is -0.437. The second-order valence-corrected chi connectivity index (χ2v) is 4.64. The minimum atomic E-state index is -4.38. The van der Waals surface area contributed by atoms with Gasteiger partial charge in [-0.25, -0.2) is 4.98 Å². The Labute approximate surface area is 115 Å². The number of aryl methyl sites for hydroxylation is 1. The van der Waals surface area contributed by atoms with Crippen LogP contribution < -0.4 is 4.74 Å². The van der Waals surface area contributed by atoms with Crippen LogP contribution in [0.15, 0.2) is 12.1 Å². The highest BCUT2D eigenvalue weighted by atomic mass is 19.4. The van der Waals surface area contributed by atoms with Crippen LogP contribution in [-0.2, 0) is 10.9 Å². The molecule has 1 aromatic heterocycles. The smallest absolute Gasteiger partial charge is 0.416 e. The maximum absolute atomic E-state index is 12.7. The van der Waals surface area contributed by atoms with Gasteiger partial charge >= 0.3 is 6.18 Å². The first-order chi connectivity index (χ1) is 9.45. The molecule has 0 spiro atoms. The zero-order valence-corrected chi connectivity index (χ0v) is 11.2. The summed E-state index contributed by atoms with van der Waals surface area (Å²) in [5.74, 6) is 0.0191. The molecule has 7 heteroatoms. The summed E-state index contributed by atoms with van der Waals surface area (Å²) in [5, 5.41) is 0. The van der Waals surface area contributed by atoms with E-state index in [1.165, 1.54) is 6.92 Å². The van der Waals surface area contributed by atoms with E-state index in [4.69, 9.17) is 9.47 Å². The summed E-state index contributed by atoms with van der Waals surface area (Å²) >= 11 is 0. The molecule has 20 heavy (non-hydrogen) atoms. The maximum Gasteiger partial charge on any atom is 0.416 e. The monoisotopic (exact) mass is 290 g/mol. The van der Waals surface area contributed by atoms with Crippen molar-refractivity contribution in [2.45, 2.75) is 13.1 Å². The van der Waals surface area contributed by atoms with Gasteiger partial charge in [0, 0.05) is 31.4 Å². The first kappa shape index (κ1) is 15.1. The summed E-state index contributed by atoms with van der Waals surface area (Å²) < 4.78 is 48.5. The predicted octanol–water partition coefficient (Wildman–Crippen LogP) is 2.12. The Kier molecular flexibility index (Phi) is 4.82. The fourth-order valence-electron chi connectivity index (χ4n) is 1.98. The fourth-order valence-corrected chi connectivity index (χ4v) is 1.98. The highest BCUT2D eigenvalue weighted by Gasteiger charge is 2.31. The van der Waals surface area contributed by atoms with Gasteiger partial charge in [0.05, 0.1) is 18.8 Å². The Bertz CT molecular complexity index is 446. The Morgan fingerprint density at radius 1 is 1.30 bits per heavy atom. The average molecular weight is 290 g/mol. The summed E-state index contributed by atoms with van der Waals surface area (Å²) in [6.45, 7) is 5.48. The second-order valence-electron chi connectivity index (χ2n) is 4.64. The molecule has 112 valence electrons. The number of pyridine rings is 1. The summed E-state index contributed by atoms with van der Waals surface area (Å²) in [7, 11) is 0. The third kappa shape index (κ3) is 4.35. The number of aromatic nitrogens is 1. The van der Waals surface area contributed by atoms with E-state index >= 15 is 0 Å². The third-order valence-corrected chi connectivity index (χ3v) is 3.02. The van der Waals surface area contributed by atoms with Crippen molar-refractivity contribution in [3.8, 4) is 5.88 Å². The molecule has 1 aliphatic heterocycles. The molecule has 4 nitrogen and oxygen atoms in total. The first-order valence-corrected chi connectivity index (χ1v) is 6.44. The average Bonchev–Trinajstić information content (AvgIpc) is 2.38. The van der Waals surface area contributed by atoms with Crippen LogP contribution in [0.5, 0.6) is 5.88 Å². The van der Waals surface area contributed by atoms with E-state index < -0.39 is 11.7 Å². The normalized spacial score (nSPS) is 17.2. The molecule has 0 bridgehead atoms. The van der Waals surface area contributed by atoms with Gasteiger partial charge in [-0.1, -0.05) is 0 Å². The van der Waals surface area contributed by atoms with Gasteiger partial charge in [0.1, 0.15) is 6.61 Å². The second kappa shape index (κ2) is 6.41. The molecule has 0 atom stereocenters. The van der Waals surface area contributed by atoms with E-state index in [2.05, 4.69) is 9.88 Å². The lowest BCUT2D eigenvalue weighted by molar-refractivity contribution is -0.137. The van der Waals surface area contributed by atoms with E-state index in [1.807, 2.05) is 0 Å². The molecule has 0 saturated carbocycles. The van der Waals surface area contributed by atoms with E-state index in [1.54, 1.807) is 0 Å². The molecule has 1 aromatic rings. The lowest BCUT2D eigenvalue weighted by atomic mass is 10.2. The van der Waals surface area contributed by atoms with E-state index in [-0.39, 0.29) is 5.88 Å². The van der Waals surface area contributed by atoms with Crippen molar-refractivity contribution < 1.29 is 22.6 Å². The molecule has 1 fully saturated rings. The predicted molar refractivity (Wildman–Crippen MR) is 66.7 cm³/mol. The maximum atomic E-state index is 12.7. The number of morpholine rings is 1. The van der Waals surface area contributed by atoms with E-state index in [0.29, 0.717) is 32.1 Å². The Morgan fingerprint density at radius 3 is 2.65 bits per heavy atom. The molecule has 0 unspecified atom stereocenters. The topological polar surface area (TPSA) is 34.6 Å². The molecule has 2 rings (SSSR count). The van der Waals surface area contributed by atoms with Gasteiger partial charge in [0.15, 0.2) is 0 Å². The van der Waals surface area contributed by atoms with Crippen molar-refractivity contribution >= 4 is 0 Å². The van der Waals surface area contributed by atoms with Crippen LogP contribution in [0.1, 0.15) is 11.3 Å². The number of alkyl halides is 3. The summed E-state index contributed by atoms with van der Waals surface area (Å²) in [6, 6.07) is 1.95. The van der Waals surface area contributed by atoms with Crippen LogP contribution in [0.4, 0.5) is 13.2 Å². The standard InChI is InChI=1S/C13H17F3N2O2/c1-10-8-11(13(14,15)16)9-12(17-10)20-7-4-18-2-5-19-6-3-18/h8-9H,2-7H2,1H3. The van der Waals surface area contributed by atoms with E-state index in [9.17, 15) is 13.2 Å². The van der Waals surface area contributed by atoms with Gasteiger partial charge in [-0.3, -0.25) is 4.90 Å². The number of halogens is 3. The van der Waals surface area contributed by atoms with Crippen LogP contribution in [0, 0.1) is 6.92 Å². The van der Waals surface area contributed by atoms with Crippen LogP contribution in [0.25, 0.3) is 0 Å². The van der Waals surface area contributed by atoms with Gasteiger partial charge in [-0.05, 0) is 13.0 Å². The molecule has 0 amide bonds. The minimum Gasteiger partial charge on any atom is -0.476 e. The van der Waals surface area contributed by atoms with Crippen molar-refractivity contribution in [1.82, 2.24) is 9.88 Å². The molecule has 0 radical (unpaired) electrons. The molecule has 0 N–H and O–H groups in total. The van der Waals surface area contributed by atoms with Gasteiger partial charge in [-0.2, -0.15) is 13.2 Å². The highest BCUT2D eigenvalue weighted by Crippen LogP contribution is 2.31. The van der Waals surface area contributed by atoms with Crippen molar-refractivity contribution in [3.05, 3.63) is 23.4 Å². The molecule has 2 heterocycles. The Hall–Kier alpha value is -1.34. The molecule has 0 aromatic carbocycles. The van der Waals surface area contributed by atoms with Crippen molar-refractivity contribution in [1.29, 1.82) is 0 Å². The van der Waals surface area contributed by atoms with Gasteiger partial charge in [0.2, 0.25) is 5.88 Å². The van der Waals surface area contributed by atoms with Gasteiger partial charge < -0.3 is 9.47 Å². The molecular weight excluding hydrogens is 273 g/mol. The lowest BCUT2D eigenvalue weighted by Crippen LogP contribution is -2.38. The van der Waals surface area contributed by atoms with Crippen molar-refractivity contribution in [3.63, 3.8) is 0 Å². The van der Waals surface area contributed by atoms with Crippen molar-refractivity contribution in [2.75, 3.05) is 39.5 Å². The number of rotatable bonds is 4. The SMILES string of the molecule is Cc1cc(C(F)(F)F)cc(OCCN2CCOCC2)n1. The largest absolute Gasteiger partial charge is 0.476 e. The van der Waals surface area contributed by atoms with Crippen LogP contribution in [0.2, 0.25) is 0 Å². The molecule has 1 aliphatic rings. The number of ether oxygens (including phenoxy) is 2. The van der Waals surface area contributed by atoms with E-state index in [0.717, 1.165) is 25.2 Å². The van der Waals surface area contributed by atoms with Crippen molar-refractivity contribution in [2.24, 2.45) is 0 Å². The Balaban J connectivity index is 1.90. The first-order valence-electron chi connectivity index (χ1n) is 6.44. The molecule has 1 saturated heterocycles. The van der Waals surface area contributed by atoms with Gasteiger partial charge in [-0.15, -0.1) is 0 Å². The number of hydrogen-bond donors (Lipinski definition) is 0. The minimum absolute atomic E-state index is 0.0191. The summed E-state index contributed by atoms with van der Waals surface area (Å²) in [4.78, 5) is 6.11. The van der Waals surface area contributed by atoms with Crippen LogP contribution >= 0.6 is 0 Å². The van der Waals surface area contributed by atoms with Crippen LogP contribution in [-0.4, -0.2) is 49.3 Å². The quantitative estimate of drug-likeness (QED) is 0.851. The lowest BCUT2D eigenvalue weighted by Gasteiger charge is -2.26. The fraction of sp³-hybridized carbons (Fsp3) is 0.615. The number of hydrogen-bond acceptors (Lipinski definition) is 4. The zero-order chi connectivity index (χ0) is 14.6. The summed E-state index contributed by atoms with van der Waals surface area (Å²) in [6.07, 6.45) is -4.38. The van der Waals surface area contributed by atoms with Gasteiger partial charge in [0.25, 0.3) is 0 Å². The zero-order valence-electron chi connectivity index (χ0n) is 11.2. The third-order valence-electron chi connectivity index (χ3n) is 3.02. The number of nitrogens with zero attached hydrogens (tertiary/aromatic N) is 2.